The van der Waals surface area contributed by atoms with E-state index in [-0.39, 0.29) is 13.2 Å². The van der Waals surface area contributed by atoms with E-state index >= 15 is 0 Å². The number of ether oxygens (including phenoxy) is 1. The number of carbonyl (C=O) groups excluding carboxylic acids is 1. The Bertz CT molecular complexity index is 449. The van der Waals surface area contributed by atoms with Crippen LogP contribution in [0.2, 0.25) is 0 Å². The van der Waals surface area contributed by atoms with E-state index in [1.165, 1.54) is 7.11 Å². The van der Waals surface area contributed by atoms with Crippen LogP contribution in [0, 0.1) is 0 Å². The minimum absolute atomic E-state index is 0.174. The fraction of sp³-hybridized carbons (Fsp3) is 0.800. The van der Waals surface area contributed by atoms with Crippen molar-refractivity contribution in [1.29, 1.82) is 0 Å². The number of hydrogen-bond acceptors (Lipinski definition) is 5. The average Bonchev–Trinajstić information content (AvgIpc) is 2.76. The molecule has 1 amide bonds. The van der Waals surface area contributed by atoms with Gasteiger partial charge in [0.25, 0.3) is 0 Å². The Morgan fingerprint density at radius 2 is 2.16 bits per heavy atom. The van der Waals surface area contributed by atoms with Gasteiger partial charge < -0.3 is 15.2 Å². The predicted octanol–water partition coefficient (Wildman–Crippen LogP) is -1.37. The fourth-order valence-electron chi connectivity index (χ4n) is 2.01. The molecule has 1 fully saturated rings. The number of methoxy groups -OCH3 is 1. The third-order valence-electron chi connectivity index (χ3n) is 2.88. The van der Waals surface area contributed by atoms with Gasteiger partial charge in [0, 0.05) is 13.7 Å². The molecule has 0 aliphatic carbocycles. The van der Waals surface area contributed by atoms with Crippen LogP contribution in [0.15, 0.2) is 0 Å². The van der Waals surface area contributed by atoms with E-state index in [9.17, 15) is 18.0 Å². The molecule has 0 saturated carbocycles. The van der Waals surface area contributed by atoms with Crippen molar-refractivity contribution in [3.05, 3.63) is 0 Å². The standard InChI is InChI=1S/C10H18N2O6S/c1-18-6-7(10(14)15)11-9(13)8-4-3-5-12(8)19(2,16)17/h7-8H,3-6H2,1-2H3,(H,11,13)(H,14,15). The van der Waals surface area contributed by atoms with Crippen molar-refractivity contribution in [3.63, 3.8) is 0 Å². The second-order valence-corrected chi connectivity index (χ2v) is 6.32. The molecular weight excluding hydrogens is 276 g/mol. The van der Waals surface area contributed by atoms with E-state index in [0.717, 1.165) is 10.6 Å². The van der Waals surface area contributed by atoms with Gasteiger partial charge in [0.1, 0.15) is 6.04 Å². The van der Waals surface area contributed by atoms with Crippen molar-refractivity contribution in [2.24, 2.45) is 0 Å². The molecule has 1 aliphatic rings. The van der Waals surface area contributed by atoms with Gasteiger partial charge in [0.05, 0.1) is 12.9 Å². The normalized spacial score (nSPS) is 22.1. The number of carbonyl (C=O) groups is 2. The van der Waals surface area contributed by atoms with Crippen LogP contribution in [-0.4, -0.2) is 68.3 Å². The van der Waals surface area contributed by atoms with E-state index in [1.54, 1.807) is 0 Å². The highest BCUT2D eigenvalue weighted by molar-refractivity contribution is 7.88. The highest BCUT2D eigenvalue weighted by atomic mass is 32.2. The van der Waals surface area contributed by atoms with Gasteiger partial charge in [-0.1, -0.05) is 0 Å². The van der Waals surface area contributed by atoms with E-state index in [1.807, 2.05) is 0 Å². The first-order valence-corrected chi connectivity index (χ1v) is 7.61. The van der Waals surface area contributed by atoms with Crippen LogP contribution in [0.25, 0.3) is 0 Å². The van der Waals surface area contributed by atoms with Crippen LogP contribution in [0.5, 0.6) is 0 Å². The highest BCUT2D eigenvalue weighted by Crippen LogP contribution is 2.20. The Morgan fingerprint density at radius 3 is 2.63 bits per heavy atom. The van der Waals surface area contributed by atoms with Gasteiger partial charge in [-0.15, -0.1) is 0 Å². The molecular formula is C10H18N2O6S. The summed E-state index contributed by atoms with van der Waals surface area (Å²) in [6.45, 7) is 0.103. The second-order valence-electron chi connectivity index (χ2n) is 4.39. The van der Waals surface area contributed by atoms with Gasteiger partial charge in [-0.05, 0) is 12.8 Å². The Balaban J connectivity index is 2.74. The highest BCUT2D eigenvalue weighted by Gasteiger charge is 2.37. The Morgan fingerprint density at radius 1 is 1.53 bits per heavy atom. The number of hydrogen-bond donors (Lipinski definition) is 2. The lowest BCUT2D eigenvalue weighted by atomic mass is 10.2. The first-order valence-electron chi connectivity index (χ1n) is 5.76. The fourth-order valence-corrected chi connectivity index (χ4v) is 3.13. The van der Waals surface area contributed by atoms with Gasteiger partial charge in [-0.25, -0.2) is 13.2 Å². The molecule has 2 unspecified atom stereocenters. The van der Waals surface area contributed by atoms with Crippen LogP contribution < -0.4 is 5.32 Å². The Hall–Kier alpha value is -1.19. The molecule has 1 rings (SSSR count). The van der Waals surface area contributed by atoms with Crippen molar-refractivity contribution in [2.45, 2.75) is 24.9 Å². The molecule has 0 radical (unpaired) electrons. The smallest absolute Gasteiger partial charge is 0.328 e. The van der Waals surface area contributed by atoms with Crippen molar-refractivity contribution in [3.8, 4) is 0 Å². The maximum atomic E-state index is 12.0. The van der Waals surface area contributed by atoms with Gasteiger partial charge in [-0.2, -0.15) is 4.31 Å². The molecule has 1 aliphatic heterocycles. The van der Waals surface area contributed by atoms with Crippen LogP contribution in [-0.2, 0) is 24.3 Å². The molecule has 110 valence electrons. The summed E-state index contributed by atoms with van der Waals surface area (Å²) in [4.78, 5) is 22.8. The summed E-state index contributed by atoms with van der Waals surface area (Å²) < 4.78 is 28.8. The van der Waals surface area contributed by atoms with Crippen molar-refractivity contribution in [2.75, 3.05) is 26.5 Å². The van der Waals surface area contributed by atoms with Gasteiger partial charge in [0.15, 0.2) is 6.04 Å². The number of amides is 1. The summed E-state index contributed by atoms with van der Waals surface area (Å²) in [7, 11) is -2.15. The first kappa shape index (κ1) is 15.9. The topological polar surface area (TPSA) is 113 Å². The minimum Gasteiger partial charge on any atom is -0.480 e. The molecule has 2 N–H and O–H groups in total. The Labute approximate surface area is 111 Å². The molecule has 0 aromatic rings. The number of carboxylic acids is 1. The number of sulfonamides is 1. The Kier molecular flexibility index (Phi) is 5.27. The summed E-state index contributed by atoms with van der Waals surface area (Å²) in [5.74, 6) is -1.83. The number of aliphatic carboxylic acids is 1. The van der Waals surface area contributed by atoms with E-state index < -0.39 is 34.0 Å². The molecule has 9 heteroatoms. The van der Waals surface area contributed by atoms with Crippen LogP contribution >= 0.6 is 0 Å². The number of rotatable bonds is 6. The molecule has 0 bridgehead atoms. The quantitative estimate of drug-likeness (QED) is 0.624. The van der Waals surface area contributed by atoms with Crippen molar-refractivity contribution >= 4 is 21.9 Å². The summed E-state index contributed by atoms with van der Waals surface area (Å²) in [5, 5.41) is 11.2. The molecule has 0 aromatic heterocycles. The number of carboxylic acid groups (broad SMARTS) is 1. The maximum absolute atomic E-state index is 12.0. The molecule has 1 saturated heterocycles. The zero-order valence-corrected chi connectivity index (χ0v) is 11.6. The molecule has 8 nitrogen and oxygen atoms in total. The lowest BCUT2D eigenvalue weighted by molar-refractivity contribution is -0.143. The third-order valence-corrected chi connectivity index (χ3v) is 4.17. The lowest BCUT2D eigenvalue weighted by Crippen LogP contribution is -2.52. The van der Waals surface area contributed by atoms with Crippen LogP contribution in [0.1, 0.15) is 12.8 Å². The SMILES string of the molecule is COCC(NC(=O)C1CCCN1S(C)(=O)=O)C(=O)O. The van der Waals surface area contributed by atoms with Gasteiger partial charge >= 0.3 is 5.97 Å². The summed E-state index contributed by atoms with van der Waals surface area (Å²) in [6, 6.07) is -2.02. The van der Waals surface area contributed by atoms with Crippen LogP contribution in [0.4, 0.5) is 0 Å². The zero-order valence-electron chi connectivity index (χ0n) is 10.8. The average molecular weight is 294 g/mol. The molecule has 1 heterocycles. The summed E-state index contributed by atoms with van der Waals surface area (Å²) in [5.41, 5.74) is 0. The molecule has 0 aromatic carbocycles. The minimum atomic E-state index is -3.47. The largest absolute Gasteiger partial charge is 0.480 e. The summed E-state index contributed by atoms with van der Waals surface area (Å²) >= 11 is 0. The van der Waals surface area contributed by atoms with Gasteiger partial charge in [-0.3, -0.25) is 4.79 Å². The number of nitrogens with one attached hydrogen (secondary N) is 1. The summed E-state index contributed by atoms with van der Waals surface area (Å²) in [6.07, 6.45) is 1.99. The van der Waals surface area contributed by atoms with Crippen molar-refractivity contribution in [1.82, 2.24) is 9.62 Å². The lowest BCUT2D eigenvalue weighted by Gasteiger charge is -2.23. The van der Waals surface area contributed by atoms with E-state index in [2.05, 4.69) is 5.32 Å². The van der Waals surface area contributed by atoms with Gasteiger partial charge in [0.2, 0.25) is 15.9 Å². The number of nitrogens with zero attached hydrogens (tertiary/aromatic N) is 1. The second kappa shape index (κ2) is 6.31. The third kappa shape index (κ3) is 4.15. The van der Waals surface area contributed by atoms with Crippen LogP contribution in [0.3, 0.4) is 0 Å². The monoisotopic (exact) mass is 294 g/mol. The first-order chi connectivity index (χ1) is 8.77. The van der Waals surface area contributed by atoms with E-state index in [0.29, 0.717) is 12.8 Å². The maximum Gasteiger partial charge on any atom is 0.328 e. The molecule has 19 heavy (non-hydrogen) atoms. The predicted molar refractivity (Wildman–Crippen MR) is 66.0 cm³/mol. The van der Waals surface area contributed by atoms with E-state index in [4.69, 9.17) is 9.84 Å². The van der Waals surface area contributed by atoms with Crippen molar-refractivity contribution < 1.29 is 27.9 Å². The molecule has 2 atom stereocenters. The zero-order chi connectivity index (χ0) is 14.6. The molecule has 0 spiro atoms.